The molecule has 3 rings (SSSR count). The van der Waals surface area contributed by atoms with Gasteiger partial charge in [-0.15, -0.1) is 0 Å². The summed E-state index contributed by atoms with van der Waals surface area (Å²) in [6, 6.07) is 17.9. The highest BCUT2D eigenvalue weighted by molar-refractivity contribution is 5.81. The Bertz CT molecular complexity index is 672. The highest BCUT2D eigenvalue weighted by Gasteiger charge is 2.27. The molecule has 0 spiro atoms. The van der Waals surface area contributed by atoms with E-state index in [2.05, 4.69) is 22.3 Å². The zero-order valence-electron chi connectivity index (χ0n) is 14.1. The lowest BCUT2D eigenvalue weighted by Gasteiger charge is -2.34. The molecule has 0 saturated carbocycles. The Morgan fingerprint density at radius 1 is 1.12 bits per heavy atom. The molecule has 1 amide bonds. The van der Waals surface area contributed by atoms with Crippen molar-refractivity contribution in [3.63, 3.8) is 0 Å². The van der Waals surface area contributed by atoms with Crippen molar-refractivity contribution in [3.05, 3.63) is 60.2 Å². The third kappa shape index (κ3) is 4.15. The maximum absolute atomic E-state index is 12.1. The average molecular weight is 324 g/mol. The van der Waals surface area contributed by atoms with Crippen molar-refractivity contribution in [1.82, 2.24) is 10.2 Å². The second-order valence-corrected chi connectivity index (χ2v) is 6.16. The minimum absolute atomic E-state index is 0.0255. The van der Waals surface area contributed by atoms with Crippen molar-refractivity contribution in [3.8, 4) is 11.5 Å². The van der Waals surface area contributed by atoms with Crippen LogP contribution in [0.4, 0.5) is 0 Å². The number of benzene rings is 2. The van der Waals surface area contributed by atoms with Gasteiger partial charge in [0.15, 0.2) is 0 Å². The van der Waals surface area contributed by atoms with Gasteiger partial charge in [0.2, 0.25) is 5.91 Å². The summed E-state index contributed by atoms with van der Waals surface area (Å²) >= 11 is 0. The molecule has 1 heterocycles. The Balaban J connectivity index is 1.70. The Labute approximate surface area is 143 Å². The minimum atomic E-state index is -0.0255. The second-order valence-electron chi connectivity index (χ2n) is 6.16. The highest BCUT2D eigenvalue weighted by Crippen LogP contribution is 2.24. The Kier molecular flexibility index (Phi) is 5.49. The minimum Gasteiger partial charge on any atom is -0.457 e. The van der Waals surface area contributed by atoms with Crippen molar-refractivity contribution < 1.29 is 9.53 Å². The maximum atomic E-state index is 12.1. The SMILES string of the molecule is CNC(=O)[C@H]1CCCCN1Cc1cccc(Oc2ccccc2)c1. The highest BCUT2D eigenvalue weighted by atomic mass is 16.5. The number of likely N-dealkylation sites (N-methyl/N-ethyl adjacent to an activating group) is 1. The number of para-hydroxylation sites is 1. The van der Waals surface area contributed by atoms with E-state index >= 15 is 0 Å². The lowest BCUT2D eigenvalue weighted by atomic mass is 10.0. The summed E-state index contributed by atoms with van der Waals surface area (Å²) in [7, 11) is 1.71. The first kappa shape index (κ1) is 16.5. The van der Waals surface area contributed by atoms with Gasteiger partial charge in [-0.25, -0.2) is 0 Å². The molecule has 1 aliphatic heterocycles. The Hall–Kier alpha value is -2.33. The van der Waals surface area contributed by atoms with Gasteiger partial charge in [-0.3, -0.25) is 9.69 Å². The number of carbonyl (C=O) groups is 1. The molecule has 24 heavy (non-hydrogen) atoms. The van der Waals surface area contributed by atoms with Gasteiger partial charge >= 0.3 is 0 Å². The van der Waals surface area contributed by atoms with E-state index in [9.17, 15) is 4.79 Å². The molecule has 1 saturated heterocycles. The fraction of sp³-hybridized carbons (Fsp3) is 0.350. The van der Waals surface area contributed by atoms with Gasteiger partial charge in [0.05, 0.1) is 6.04 Å². The van der Waals surface area contributed by atoms with Crippen LogP contribution in [0, 0.1) is 0 Å². The summed E-state index contributed by atoms with van der Waals surface area (Å²) < 4.78 is 5.91. The van der Waals surface area contributed by atoms with Crippen molar-refractivity contribution in [2.45, 2.75) is 31.8 Å². The van der Waals surface area contributed by atoms with Crippen LogP contribution >= 0.6 is 0 Å². The number of carbonyl (C=O) groups excluding carboxylic acids is 1. The topological polar surface area (TPSA) is 41.6 Å². The van der Waals surface area contributed by atoms with E-state index in [0.29, 0.717) is 0 Å². The van der Waals surface area contributed by atoms with E-state index in [0.717, 1.165) is 43.9 Å². The van der Waals surface area contributed by atoms with Crippen LogP contribution in [0.15, 0.2) is 54.6 Å². The number of piperidine rings is 1. The van der Waals surface area contributed by atoms with Crippen molar-refractivity contribution >= 4 is 5.91 Å². The van der Waals surface area contributed by atoms with Crippen molar-refractivity contribution in [2.24, 2.45) is 0 Å². The summed E-state index contributed by atoms with van der Waals surface area (Å²) in [5.74, 6) is 1.77. The van der Waals surface area contributed by atoms with Crippen LogP contribution in [-0.4, -0.2) is 30.4 Å². The molecular weight excluding hydrogens is 300 g/mol. The molecule has 0 unspecified atom stereocenters. The van der Waals surface area contributed by atoms with Crippen LogP contribution < -0.4 is 10.1 Å². The van der Waals surface area contributed by atoms with Crippen LogP contribution in [0.2, 0.25) is 0 Å². The largest absolute Gasteiger partial charge is 0.457 e. The van der Waals surface area contributed by atoms with E-state index in [-0.39, 0.29) is 11.9 Å². The van der Waals surface area contributed by atoms with Gasteiger partial charge in [0, 0.05) is 13.6 Å². The van der Waals surface area contributed by atoms with E-state index < -0.39 is 0 Å². The number of rotatable bonds is 5. The van der Waals surface area contributed by atoms with E-state index in [1.807, 2.05) is 42.5 Å². The van der Waals surface area contributed by atoms with Gasteiger partial charge < -0.3 is 10.1 Å². The Morgan fingerprint density at radius 3 is 2.71 bits per heavy atom. The summed E-state index contributed by atoms with van der Waals surface area (Å²) in [6.07, 6.45) is 3.19. The van der Waals surface area contributed by atoms with Gasteiger partial charge in [0.25, 0.3) is 0 Å². The van der Waals surface area contributed by atoms with E-state index in [4.69, 9.17) is 4.74 Å². The van der Waals surface area contributed by atoms with Crippen LogP contribution in [0.25, 0.3) is 0 Å². The summed E-state index contributed by atoms with van der Waals surface area (Å²) in [4.78, 5) is 14.4. The van der Waals surface area contributed by atoms with Gasteiger partial charge in [-0.2, -0.15) is 0 Å². The summed E-state index contributed by atoms with van der Waals surface area (Å²) in [5.41, 5.74) is 1.17. The monoisotopic (exact) mass is 324 g/mol. The maximum Gasteiger partial charge on any atom is 0.237 e. The lowest BCUT2D eigenvalue weighted by molar-refractivity contribution is -0.127. The van der Waals surface area contributed by atoms with Crippen LogP contribution in [0.3, 0.4) is 0 Å². The lowest BCUT2D eigenvalue weighted by Crippen LogP contribution is -2.48. The average Bonchev–Trinajstić information content (AvgIpc) is 2.63. The molecule has 1 aliphatic rings. The third-order valence-corrected chi connectivity index (χ3v) is 4.43. The zero-order chi connectivity index (χ0) is 16.8. The normalized spacial score (nSPS) is 18.1. The zero-order valence-corrected chi connectivity index (χ0v) is 14.1. The molecule has 2 aromatic carbocycles. The number of likely N-dealkylation sites (tertiary alicyclic amines) is 1. The number of nitrogens with zero attached hydrogens (tertiary/aromatic N) is 1. The fourth-order valence-electron chi connectivity index (χ4n) is 3.21. The van der Waals surface area contributed by atoms with E-state index in [1.54, 1.807) is 7.05 Å². The predicted octanol–water partition coefficient (Wildman–Crippen LogP) is 3.58. The van der Waals surface area contributed by atoms with Crippen LogP contribution in [0.1, 0.15) is 24.8 Å². The van der Waals surface area contributed by atoms with Gasteiger partial charge in [-0.1, -0.05) is 36.8 Å². The summed E-state index contributed by atoms with van der Waals surface area (Å²) in [6.45, 7) is 1.73. The van der Waals surface area contributed by atoms with E-state index in [1.165, 1.54) is 5.56 Å². The van der Waals surface area contributed by atoms with Crippen molar-refractivity contribution in [1.29, 1.82) is 0 Å². The molecule has 126 valence electrons. The molecule has 0 aromatic heterocycles. The van der Waals surface area contributed by atoms with Gasteiger partial charge in [0.1, 0.15) is 11.5 Å². The number of hydrogen-bond donors (Lipinski definition) is 1. The predicted molar refractivity (Wildman–Crippen MR) is 95.1 cm³/mol. The van der Waals surface area contributed by atoms with Gasteiger partial charge in [-0.05, 0) is 49.2 Å². The van der Waals surface area contributed by atoms with Crippen LogP contribution in [-0.2, 0) is 11.3 Å². The fourth-order valence-corrected chi connectivity index (χ4v) is 3.21. The first-order chi connectivity index (χ1) is 11.8. The molecule has 1 fully saturated rings. The van der Waals surface area contributed by atoms with Crippen LogP contribution in [0.5, 0.6) is 11.5 Å². The number of nitrogens with one attached hydrogen (secondary N) is 1. The quantitative estimate of drug-likeness (QED) is 0.914. The molecule has 1 N–H and O–H groups in total. The Morgan fingerprint density at radius 2 is 1.92 bits per heavy atom. The number of hydrogen-bond acceptors (Lipinski definition) is 3. The van der Waals surface area contributed by atoms with Crippen molar-refractivity contribution in [2.75, 3.05) is 13.6 Å². The number of amides is 1. The number of ether oxygens (including phenoxy) is 1. The molecular formula is C20H24N2O2. The second kappa shape index (κ2) is 7.97. The molecule has 2 aromatic rings. The standard InChI is InChI=1S/C20H24N2O2/c1-21-20(23)19-12-5-6-13-22(19)15-16-8-7-11-18(14-16)24-17-9-3-2-4-10-17/h2-4,7-11,14,19H,5-6,12-13,15H2,1H3,(H,21,23)/t19-/m1/s1. The molecule has 4 nitrogen and oxygen atoms in total. The summed E-state index contributed by atoms with van der Waals surface area (Å²) in [5, 5.41) is 2.79. The smallest absolute Gasteiger partial charge is 0.237 e. The molecule has 0 aliphatic carbocycles. The molecule has 0 radical (unpaired) electrons. The third-order valence-electron chi connectivity index (χ3n) is 4.43. The molecule has 0 bridgehead atoms. The first-order valence-corrected chi connectivity index (χ1v) is 8.54. The first-order valence-electron chi connectivity index (χ1n) is 8.54. The molecule has 1 atom stereocenters. The molecule has 4 heteroatoms.